The van der Waals surface area contributed by atoms with Crippen molar-refractivity contribution in [2.24, 2.45) is 5.92 Å². The smallest absolute Gasteiger partial charge is 0.226 e. The summed E-state index contributed by atoms with van der Waals surface area (Å²) in [7, 11) is 3.40. The number of fused-ring (bicyclic) bond motifs is 1. The predicted octanol–water partition coefficient (Wildman–Crippen LogP) is 3.41. The molecule has 3 atom stereocenters. The molecule has 2 aromatic rings. The van der Waals surface area contributed by atoms with Crippen LogP contribution in [0.15, 0.2) is 30.3 Å². The zero-order chi connectivity index (χ0) is 21.0. The van der Waals surface area contributed by atoms with E-state index in [2.05, 4.69) is 41.8 Å². The van der Waals surface area contributed by atoms with Crippen molar-refractivity contribution in [3.63, 3.8) is 0 Å². The summed E-state index contributed by atoms with van der Waals surface area (Å²) in [5, 5.41) is 2.28. The number of likely N-dealkylation sites (tertiary alicyclic amines) is 1. The zero-order valence-electron chi connectivity index (χ0n) is 18.2. The van der Waals surface area contributed by atoms with Gasteiger partial charge in [0.05, 0.1) is 32.9 Å². The van der Waals surface area contributed by atoms with E-state index in [0.29, 0.717) is 18.9 Å². The minimum atomic E-state index is -0.457. The molecule has 5 rings (SSSR count). The van der Waals surface area contributed by atoms with E-state index in [4.69, 9.17) is 14.2 Å². The Morgan fingerprint density at radius 3 is 2.73 bits per heavy atom. The Morgan fingerprint density at radius 1 is 1.20 bits per heavy atom. The van der Waals surface area contributed by atoms with Crippen LogP contribution < -0.4 is 9.47 Å². The van der Waals surface area contributed by atoms with Crippen molar-refractivity contribution in [2.45, 2.75) is 51.0 Å². The molecule has 3 aliphatic rings. The van der Waals surface area contributed by atoms with Crippen molar-refractivity contribution in [1.82, 2.24) is 9.80 Å². The lowest BCUT2D eigenvalue weighted by Crippen LogP contribution is -2.50. The molecule has 0 radical (unpaired) electrons. The molecular weight excluding hydrogens is 380 g/mol. The van der Waals surface area contributed by atoms with E-state index >= 15 is 0 Å². The largest absolute Gasteiger partial charge is 0.497 e. The molecule has 160 valence electrons. The molecule has 6 nitrogen and oxygen atoms in total. The first-order valence-electron chi connectivity index (χ1n) is 10.8. The summed E-state index contributed by atoms with van der Waals surface area (Å²) in [5.41, 5.74) is 0.678. The second-order valence-corrected chi connectivity index (χ2v) is 9.00. The van der Waals surface area contributed by atoms with Crippen LogP contribution in [0.4, 0.5) is 0 Å². The summed E-state index contributed by atoms with van der Waals surface area (Å²) < 4.78 is 17.6. The van der Waals surface area contributed by atoms with Gasteiger partial charge in [-0.3, -0.25) is 9.69 Å². The summed E-state index contributed by atoms with van der Waals surface area (Å²) in [6.07, 6.45) is 1.39. The summed E-state index contributed by atoms with van der Waals surface area (Å²) in [5.74, 6) is 2.32. The fourth-order valence-electron chi connectivity index (χ4n) is 5.67. The standard InChI is InChI=1S/C24H30N2O4/c1-15(2)20-14-30-24-9-10-25(22(24)12-23(27)26(20)24)13-19-18-11-17(28-3)7-5-16(18)6-8-21(19)29-4/h5-8,11,15,20,22H,9-10,12-14H2,1-4H3/t20-,22+,24-/m0/s1. The van der Waals surface area contributed by atoms with Gasteiger partial charge in [-0.05, 0) is 34.9 Å². The summed E-state index contributed by atoms with van der Waals surface area (Å²) in [6.45, 7) is 6.62. The van der Waals surface area contributed by atoms with Crippen molar-refractivity contribution >= 4 is 16.7 Å². The van der Waals surface area contributed by atoms with Crippen LogP contribution in [0.1, 0.15) is 32.3 Å². The van der Waals surface area contributed by atoms with Gasteiger partial charge < -0.3 is 19.1 Å². The second-order valence-electron chi connectivity index (χ2n) is 9.00. The minimum Gasteiger partial charge on any atom is -0.497 e. The van der Waals surface area contributed by atoms with Gasteiger partial charge in [-0.2, -0.15) is 0 Å². The van der Waals surface area contributed by atoms with Gasteiger partial charge in [0.1, 0.15) is 11.5 Å². The van der Waals surface area contributed by atoms with Gasteiger partial charge in [0.2, 0.25) is 5.91 Å². The Morgan fingerprint density at radius 2 is 2.00 bits per heavy atom. The topological polar surface area (TPSA) is 51.2 Å². The third-order valence-electron chi connectivity index (χ3n) is 7.25. The Bertz CT molecular complexity index is 985. The molecule has 30 heavy (non-hydrogen) atoms. The number of carbonyl (C=O) groups is 1. The summed E-state index contributed by atoms with van der Waals surface area (Å²) >= 11 is 0. The molecule has 0 bridgehead atoms. The van der Waals surface area contributed by atoms with Crippen molar-refractivity contribution in [3.8, 4) is 11.5 Å². The van der Waals surface area contributed by atoms with E-state index in [1.807, 2.05) is 12.1 Å². The van der Waals surface area contributed by atoms with Crippen LogP contribution in [0, 0.1) is 5.92 Å². The number of nitrogens with zero attached hydrogens (tertiary/aromatic N) is 2. The molecule has 3 fully saturated rings. The van der Waals surface area contributed by atoms with Crippen LogP contribution in [0.3, 0.4) is 0 Å². The number of methoxy groups -OCH3 is 2. The van der Waals surface area contributed by atoms with Crippen LogP contribution in [-0.2, 0) is 16.1 Å². The SMILES string of the molecule is COc1ccc2ccc(OC)c(CN3CC[C@@]45OC[C@@H](C(C)C)N4C(=O)C[C@@H]35)c2c1. The second kappa shape index (κ2) is 7.13. The zero-order valence-corrected chi connectivity index (χ0v) is 18.2. The normalized spacial score (nSPS) is 28.4. The number of carbonyl (C=O) groups excluding carboxylic acids is 1. The van der Waals surface area contributed by atoms with Gasteiger partial charge in [0.15, 0.2) is 5.72 Å². The maximum absolute atomic E-state index is 13.0. The first-order chi connectivity index (χ1) is 14.5. The quantitative estimate of drug-likeness (QED) is 0.756. The Labute approximate surface area is 177 Å². The highest BCUT2D eigenvalue weighted by Gasteiger charge is 2.64. The van der Waals surface area contributed by atoms with Crippen molar-refractivity contribution in [1.29, 1.82) is 0 Å². The van der Waals surface area contributed by atoms with E-state index < -0.39 is 5.72 Å². The predicted molar refractivity (Wildman–Crippen MR) is 115 cm³/mol. The molecule has 2 aromatic carbocycles. The van der Waals surface area contributed by atoms with Gasteiger partial charge in [-0.25, -0.2) is 0 Å². The first-order valence-corrected chi connectivity index (χ1v) is 10.8. The number of hydrogen-bond acceptors (Lipinski definition) is 5. The van der Waals surface area contributed by atoms with Gasteiger partial charge in [-0.1, -0.05) is 26.0 Å². The first kappa shape index (κ1) is 19.6. The van der Waals surface area contributed by atoms with Crippen molar-refractivity contribution in [2.75, 3.05) is 27.4 Å². The molecule has 6 heteroatoms. The summed E-state index contributed by atoms with van der Waals surface area (Å²) in [6, 6.07) is 10.5. The average Bonchev–Trinajstić information content (AvgIpc) is 3.37. The molecule has 0 aromatic heterocycles. The molecule has 0 saturated carbocycles. The molecule has 3 saturated heterocycles. The van der Waals surface area contributed by atoms with Crippen molar-refractivity contribution in [3.05, 3.63) is 35.9 Å². The van der Waals surface area contributed by atoms with Gasteiger partial charge >= 0.3 is 0 Å². The third-order valence-corrected chi connectivity index (χ3v) is 7.25. The number of hydrogen-bond donors (Lipinski definition) is 0. The van der Waals surface area contributed by atoms with Crippen molar-refractivity contribution < 1.29 is 19.0 Å². The van der Waals surface area contributed by atoms with Crippen LogP contribution in [-0.4, -0.2) is 60.9 Å². The lowest BCUT2D eigenvalue weighted by Gasteiger charge is -2.34. The highest BCUT2D eigenvalue weighted by Crippen LogP contribution is 2.49. The molecule has 0 aliphatic carbocycles. The van der Waals surface area contributed by atoms with Gasteiger partial charge in [0.25, 0.3) is 0 Å². The Balaban J connectivity index is 1.51. The number of benzene rings is 2. The molecular formula is C24H30N2O4. The fraction of sp³-hybridized carbons (Fsp3) is 0.542. The summed E-state index contributed by atoms with van der Waals surface area (Å²) in [4.78, 5) is 17.5. The Kier molecular flexibility index (Phi) is 4.67. The minimum absolute atomic E-state index is 0.0827. The maximum Gasteiger partial charge on any atom is 0.226 e. The lowest BCUT2D eigenvalue weighted by atomic mass is 10.0. The molecule has 3 aliphatic heterocycles. The van der Waals surface area contributed by atoms with Crippen LogP contribution in [0.2, 0.25) is 0 Å². The van der Waals surface area contributed by atoms with Gasteiger partial charge in [0, 0.05) is 31.5 Å². The molecule has 1 spiro atoms. The molecule has 0 unspecified atom stereocenters. The van der Waals surface area contributed by atoms with Crippen LogP contribution in [0.5, 0.6) is 11.5 Å². The van der Waals surface area contributed by atoms with Gasteiger partial charge in [-0.15, -0.1) is 0 Å². The highest BCUT2D eigenvalue weighted by molar-refractivity contribution is 5.89. The molecule has 3 heterocycles. The fourth-order valence-corrected chi connectivity index (χ4v) is 5.67. The maximum atomic E-state index is 13.0. The van der Waals surface area contributed by atoms with Crippen LogP contribution >= 0.6 is 0 Å². The monoisotopic (exact) mass is 410 g/mol. The number of amides is 1. The number of ether oxygens (including phenoxy) is 3. The van der Waals surface area contributed by atoms with E-state index in [9.17, 15) is 4.79 Å². The van der Waals surface area contributed by atoms with E-state index in [1.54, 1.807) is 14.2 Å². The van der Waals surface area contributed by atoms with E-state index in [0.717, 1.165) is 47.3 Å². The highest BCUT2D eigenvalue weighted by atomic mass is 16.5. The van der Waals surface area contributed by atoms with E-state index in [-0.39, 0.29) is 18.0 Å². The third kappa shape index (κ3) is 2.73. The lowest BCUT2D eigenvalue weighted by molar-refractivity contribution is -0.139. The van der Waals surface area contributed by atoms with Crippen LogP contribution in [0.25, 0.3) is 10.8 Å². The Hall–Kier alpha value is -2.31. The average molecular weight is 411 g/mol. The number of rotatable bonds is 5. The molecule has 1 amide bonds. The van der Waals surface area contributed by atoms with E-state index in [1.165, 1.54) is 0 Å². The molecule has 0 N–H and O–H groups in total.